The number of amides is 1. The van der Waals surface area contributed by atoms with Crippen molar-refractivity contribution in [3.05, 3.63) is 105 Å². The molecule has 0 aliphatic rings. The van der Waals surface area contributed by atoms with E-state index in [4.69, 9.17) is 21.3 Å². The van der Waals surface area contributed by atoms with E-state index >= 15 is 0 Å². The van der Waals surface area contributed by atoms with Crippen molar-refractivity contribution in [2.75, 3.05) is 20.3 Å². The highest BCUT2D eigenvalue weighted by Crippen LogP contribution is 2.24. The van der Waals surface area contributed by atoms with Crippen molar-refractivity contribution in [3.63, 3.8) is 0 Å². The van der Waals surface area contributed by atoms with Crippen molar-refractivity contribution in [2.45, 2.75) is 17.5 Å². The SMILES string of the molecule is COCCNC(=O)c1ccc2c(=O)n(Cc3ccccc3)c(SCc3cccc(Cl)c3)nc2c1. The van der Waals surface area contributed by atoms with E-state index in [1.54, 1.807) is 29.9 Å². The van der Waals surface area contributed by atoms with Gasteiger partial charge in [0.1, 0.15) is 0 Å². The van der Waals surface area contributed by atoms with E-state index in [1.807, 2.05) is 54.6 Å². The molecule has 1 aromatic heterocycles. The summed E-state index contributed by atoms with van der Waals surface area (Å²) in [4.78, 5) is 30.8. The van der Waals surface area contributed by atoms with Crippen LogP contribution in [0.4, 0.5) is 0 Å². The highest BCUT2D eigenvalue weighted by Gasteiger charge is 2.15. The summed E-state index contributed by atoms with van der Waals surface area (Å²) in [6.07, 6.45) is 0. The maximum Gasteiger partial charge on any atom is 0.262 e. The van der Waals surface area contributed by atoms with Gasteiger partial charge in [0, 0.05) is 30.0 Å². The summed E-state index contributed by atoms with van der Waals surface area (Å²) >= 11 is 7.60. The number of ether oxygens (including phenoxy) is 1. The van der Waals surface area contributed by atoms with Crippen LogP contribution in [0.2, 0.25) is 5.02 Å². The highest BCUT2D eigenvalue weighted by molar-refractivity contribution is 7.98. The maximum absolute atomic E-state index is 13.5. The van der Waals surface area contributed by atoms with Gasteiger partial charge >= 0.3 is 0 Å². The van der Waals surface area contributed by atoms with Crippen LogP contribution in [0.25, 0.3) is 10.9 Å². The van der Waals surface area contributed by atoms with Crippen LogP contribution in [0.15, 0.2) is 82.7 Å². The molecule has 4 rings (SSSR count). The van der Waals surface area contributed by atoms with Crippen LogP contribution in [0.5, 0.6) is 0 Å². The second-order valence-corrected chi connectivity index (χ2v) is 9.05. The monoisotopic (exact) mass is 493 g/mol. The first-order chi connectivity index (χ1) is 16.5. The van der Waals surface area contributed by atoms with E-state index in [0.717, 1.165) is 11.1 Å². The predicted octanol–water partition coefficient (Wildman–Crippen LogP) is 4.77. The molecule has 3 aromatic carbocycles. The number of methoxy groups -OCH3 is 1. The average molecular weight is 494 g/mol. The molecule has 0 aliphatic carbocycles. The molecule has 34 heavy (non-hydrogen) atoms. The number of halogens is 1. The standard InChI is InChI=1S/C26H24ClN3O3S/c1-33-13-12-28-24(31)20-10-11-22-23(15-20)29-26(34-17-19-8-5-9-21(27)14-19)30(25(22)32)16-18-6-3-2-4-7-18/h2-11,14-15H,12-13,16-17H2,1H3,(H,28,31). The minimum absolute atomic E-state index is 0.145. The number of rotatable bonds is 9. The fourth-order valence-corrected chi connectivity index (χ4v) is 4.66. The Labute approximate surface area is 206 Å². The van der Waals surface area contributed by atoms with Gasteiger partial charge in [0.15, 0.2) is 5.16 Å². The van der Waals surface area contributed by atoms with E-state index in [1.165, 1.54) is 11.8 Å². The Morgan fingerprint density at radius 2 is 1.85 bits per heavy atom. The van der Waals surface area contributed by atoms with Gasteiger partial charge in [-0.2, -0.15) is 0 Å². The molecule has 6 nitrogen and oxygen atoms in total. The minimum Gasteiger partial charge on any atom is -0.383 e. The lowest BCUT2D eigenvalue weighted by Gasteiger charge is -2.14. The Bertz CT molecular complexity index is 1360. The zero-order valence-corrected chi connectivity index (χ0v) is 20.2. The second-order valence-electron chi connectivity index (χ2n) is 7.67. The quantitative estimate of drug-likeness (QED) is 0.206. The zero-order chi connectivity index (χ0) is 23.9. The number of carbonyl (C=O) groups is 1. The summed E-state index contributed by atoms with van der Waals surface area (Å²) in [5, 5.41) is 4.51. The highest BCUT2D eigenvalue weighted by atomic mass is 35.5. The molecule has 0 fully saturated rings. The summed E-state index contributed by atoms with van der Waals surface area (Å²) in [7, 11) is 1.58. The van der Waals surface area contributed by atoms with Gasteiger partial charge in [-0.1, -0.05) is 65.8 Å². The number of thioether (sulfide) groups is 1. The number of nitrogens with zero attached hydrogens (tertiary/aromatic N) is 2. The molecule has 0 aliphatic heterocycles. The van der Waals surface area contributed by atoms with Crippen LogP contribution in [0, 0.1) is 0 Å². The number of hydrogen-bond donors (Lipinski definition) is 1. The molecule has 0 radical (unpaired) electrons. The normalized spacial score (nSPS) is 11.0. The largest absolute Gasteiger partial charge is 0.383 e. The molecule has 0 bridgehead atoms. The van der Waals surface area contributed by atoms with Gasteiger partial charge < -0.3 is 10.1 Å². The molecular formula is C26H24ClN3O3S. The Kier molecular flexibility index (Phi) is 8.00. The summed E-state index contributed by atoms with van der Waals surface area (Å²) in [5.74, 6) is 0.368. The zero-order valence-electron chi connectivity index (χ0n) is 18.7. The predicted molar refractivity (Wildman–Crippen MR) is 137 cm³/mol. The number of fused-ring (bicyclic) bond motifs is 1. The molecule has 174 valence electrons. The lowest BCUT2D eigenvalue weighted by atomic mass is 10.1. The van der Waals surface area contributed by atoms with Crippen LogP contribution in [0.1, 0.15) is 21.5 Å². The van der Waals surface area contributed by atoms with Gasteiger partial charge in [-0.3, -0.25) is 14.2 Å². The van der Waals surface area contributed by atoms with Crippen molar-refractivity contribution in [2.24, 2.45) is 0 Å². The maximum atomic E-state index is 13.5. The Morgan fingerprint density at radius 1 is 1.06 bits per heavy atom. The average Bonchev–Trinajstić information content (AvgIpc) is 2.85. The molecular weight excluding hydrogens is 470 g/mol. The molecule has 0 saturated heterocycles. The Hall–Kier alpha value is -3.13. The smallest absolute Gasteiger partial charge is 0.262 e. The topological polar surface area (TPSA) is 73.2 Å². The van der Waals surface area contributed by atoms with Crippen molar-refractivity contribution in [3.8, 4) is 0 Å². The number of nitrogens with one attached hydrogen (secondary N) is 1. The summed E-state index contributed by atoms with van der Waals surface area (Å²) < 4.78 is 6.67. The Morgan fingerprint density at radius 3 is 2.62 bits per heavy atom. The lowest BCUT2D eigenvalue weighted by Crippen LogP contribution is -2.27. The van der Waals surface area contributed by atoms with Gasteiger partial charge in [0.05, 0.1) is 24.1 Å². The minimum atomic E-state index is -0.234. The fraction of sp³-hybridized carbons (Fsp3) is 0.192. The summed E-state index contributed by atoms with van der Waals surface area (Å²) in [6.45, 7) is 1.23. The first-order valence-electron chi connectivity index (χ1n) is 10.8. The molecule has 0 unspecified atom stereocenters. The van der Waals surface area contributed by atoms with Gasteiger partial charge in [0.25, 0.3) is 11.5 Å². The van der Waals surface area contributed by atoms with Gasteiger partial charge in [-0.05, 0) is 41.5 Å². The molecule has 1 N–H and O–H groups in total. The first kappa shape index (κ1) is 24.0. The van der Waals surface area contributed by atoms with E-state index in [0.29, 0.717) is 52.1 Å². The summed E-state index contributed by atoms with van der Waals surface area (Å²) in [5.41, 5.74) is 2.83. The third-order valence-corrected chi connectivity index (χ3v) is 6.50. The number of carbonyl (C=O) groups excluding carboxylic acids is 1. The molecule has 0 saturated carbocycles. The van der Waals surface area contributed by atoms with E-state index < -0.39 is 0 Å². The molecule has 4 aromatic rings. The van der Waals surface area contributed by atoms with E-state index in [2.05, 4.69) is 5.32 Å². The van der Waals surface area contributed by atoms with Crippen molar-refractivity contribution in [1.29, 1.82) is 0 Å². The lowest BCUT2D eigenvalue weighted by molar-refractivity contribution is 0.0937. The van der Waals surface area contributed by atoms with Crippen LogP contribution in [-0.4, -0.2) is 35.7 Å². The number of hydrogen-bond acceptors (Lipinski definition) is 5. The molecule has 8 heteroatoms. The first-order valence-corrected chi connectivity index (χ1v) is 12.1. The van der Waals surface area contributed by atoms with Crippen LogP contribution in [-0.2, 0) is 17.0 Å². The molecule has 1 heterocycles. The van der Waals surface area contributed by atoms with E-state index in [9.17, 15) is 9.59 Å². The van der Waals surface area contributed by atoms with Crippen LogP contribution in [0.3, 0.4) is 0 Å². The van der Waals surface area contributed by atoms with Crippen molar-refractivity contribution >= 4 is 40.2 Å². The number of aromatic nitrogens is 2. The van der Waals surface area contributed by atoms with Crippen LogP contribution >= 0.6 is 23.4 Å². The fourth-order valence-electron chi connectivity index (χ4n) is 3.50. The van der Waals surface area contributed by atoms with Crippen LogP contribution < -0.4 is 10.9 Å². The van der Waals surface area contributed by atoms with Crippen molar-refractivity contribution < 1.29 is 9.53 Å². The summed E-state index contributed by atoms with van der Waals surface area (Å²) in [6, 6.07) is 22.4. The van der Waals surface area contributed by atoms with Crippen molar-refractivity contribution in [1.82, 2.24) is 14.9 Å². The second kappa shape index (κ2) is 11.3. The van der Waals surface area contributed by atoms with Gasteiger partial charge in [-0.15, -0.1) is 0 Å². The number of benzene rings is 3. The molecule has 0 spiro atoms. The Balaban J connectivity index is 1.72. The van der Waals surface area contributed by atoms with Gasteiger partial charge in [-0.25, -0.2) is 4.98 Å². The third kappa shape index (κ3) is 5.86. The van der Waals surface area contributed by atoms with Gasteiger partial charge in [0.2, 0.25) is 0 Å². The third-order valence-electron chi connectivity index (χ3n) is 5.21. The molecule has 1 amide bonds. The molecule has 0 atom stereocenters. The van der Waals surface area contributed by atoms with E-state index in [-0.39, 0.29) is 11.5 Å².